The summed E-state index contributed by atoms with van der Waals surface area (Å²) in [5.74, 6) is 0.959. The molecular weight excluding hydrogens is 386 g/mol. The number of pyridine rings is 1. The van der Waals surface area contributed by atoms with Gasteiger partial charge >= 0.3 is 0 Å². The quantitative estimate of drug-likeness (QED) is 0.334. The number of aromatic nitrogens is 1. The molecule has 1 heterocycles. The largest absolute Gasteiger partial charge is 0.473 e. The third-order valence-electron chi connectivity index (χ3n) is 4.97. The monoisotopic (exact) mass is 409 g/mol. The van der Waals surface area contributed by atoms with Gasteiger partial charge in [0.05, 0.1) is 0 Å². The van der Waals surface area contributed by atoms with Crippen LogP contribution in [0.1, 0.15) is 27.0 Å². The normalized spacial score (nSPS) is 10.5. The van der Waals surface area contributed by atoms with E-state index in [1.54, 1.807) is 6.07 Å². The first-order valence-electron chi connectivity index (χ1n) is 10.1. The third kappa shape index (κ3) is 5.17. The van der Waals surface area contributed by atoms with E-state index < -0.39 is 0 Å². The molecule has 4 heteroatoms. The van der Waals surface area contributed by atoms with Crippen molar-refractivity contribution in [2.75, 3.05) is 0 Å². The highest BCUT2D eigenvalue weighted by Crippen LogP contribution is 2.34. The minimum absolute atomic E-state index is 0.384. The SMILES string of the molecule is Cc1ccc(C=O)cc1-c1ccc(OCc2ccccc2)nc1OCc1ccccc1. The molecule has 0 aliphatic heterocycles. The molecule has 0 aliphatic rings. The van der Waals surface area contributed by atoms with Crippen molar-refractivity contribution >= 4 is 6.29 Å². The highest BCUT2D eigenvalue weighted by Gasteiger charge is 2.14. The summed E-state index contributed by atoms with van der Waals surface area (Å²) in [4.78, 5) is 15.9. The van der Waals surface area contributed by atoms with Gasteiger partial charge in [0.2, 0.25) is 11.8 Å². The Morgan fingerprint density at radius 2 is 1.39 bits per heavy atom. The number of rotatable bonds is 8. The van der Waals surface area contributed by atoms with Gasteiger partial charge in [-0.1, -0.05) is 72.8 Å². The zero-order valence-corrected chi connectivity index (χ0v) is 17.3. The Morgan fingerprint density at radius 3 is 2.03 bits per heavy atom. The number of carbonyl (C=O) groups is 1. The van der Waals surface area contributed by atoms with Crippen molar-refractivity contribution in [3.05, 3.63) is 113 Å². The molecule has 4 nitrogen and oxygen atoms in total. The van der Waals surface area contributed by atoms with Gasteiger partial charge in [-0.2, -0.15) is 4.98 Å². The molecule has 0 aliphatic carbocycles. The molecule has 0 atom stereocenters. The molecule has 4 aromatic rings. The van der Waals surface area contributed by atoms with Gasteiger partial charge in [0.25, 0.3) is 0 Å². The highest BCUT2D eigenvalue weighted by molar-refractivity contribution is 5.81. The molecule has 0 saturated heterocycles. The fourth-order valence-corrected chi connectivity index (χ4v) is 3.28. The number of benzene rings is 3. The summed E-state index contributed by atoms with van der Waals surface area (Å²) >= 11 is 0. The summed E-state index contributed by atoms with van der Waals surface area (Å²) in [6.45, 7) is 2.81. The van der Waals surface area contributed by atoms with Gasteiger partial charge in [0.15, 0.2) is 0 Å². The van der Waals surface area contributed by atoms with Gasteiger partial charge < -0.3 is 9.47 Å². The Hall–Kier alpha value is -3.92. The molecule has 0 fully saturated rings. The Bertz CT molecular complexity index is 1160. The van der Waals surface area contributed by atoms with Crippen molar-refractivity contribution in [3.63, 3.8) is 0 Å². The minimum atomic E-state index is 0.384. The zero-order valence-electron chi connectivity index (χ0n) is 17.3. The highest BCUT2D eigenvalue weighted by atomic mass is 16.5. The summed E-state index contributed by atoms with van der Waals surface area (Å²) in [7, 11) is 0. The van der Waals surface area contributed by atoms with Crippen LogP contribution in [0.4, 0.5) is 0 Å². The van der Waals surface area contributed by atoms with E-state index in [4.69, 9.17) is 9.47 Å². The lowest BCUT2D eigenvalue weighted by Gasteiger charge is -2.15. The molecule has 0 radical (unpaired) electrons. The van der Waals surface area contributed by atoms with Crippen LogP contribution in [0.3, 0.4) is 0 Å². The van der Waals surface area contributed by atoms with Crippen molar-refractivity contribution in [2.24, 2.45) is 0 Å². The number of aryl methyl sites for hydroxylation is 1. The van der Waals surface area contributed by atoms with E-state index in [9.17, 15) is 4.79 Å². The second kappa shape index (κ2) is 9.72. The van der Waals surface area contributed by atoms with Crippen LogP contribution in [0.5, 0.6) is 11.8 Å². The van der Waals surface area contributed by atoms with Gasteiger partial charge in [-0.3, -0.25) is 4.79 Å². The lowest BCUT2D eigenvalue weighted by Crippen LogP contribution is -2.03. The first-order valence-corrected chi connectivity index (χ1v) is 10.1. The van der Waals surface area contributed by atoms with Crippen molar-refractivity contribution in [1.82, 2.24) is 4.98 Å². The van der Waals surface area contributed by atoms with E-state index in [-0.39, 0.29) is 0 Å². The number of nitrogens with zero attached hydrogens (tertiary/aromatic N) is 1. The minimum Gasteiger partial charge on any atom is -0.473 e. The summed E-state index contributed by atoms with van der Waals surface area (Å²) in [6.07, 6.45) is 0.845. The molecule has 4 rings (SSSR count). The predicted molar refractivity (Wildman–Crippen MR) is 121 cm³/mol. The number of carbonyl (C=O) groups excluding carboxylic acids is 1. The maximum absolute atomic E-state index is 11.3. The average molecular weight is 409 g/mol. The van der Waals surface area contributed by atoms with Gasteiger partial charge in [-0.15, -0.1) is 0 Å². The lowest BCUT2D eigenvalue weighted by molar-refractivity contribution is 0.112. The van der Waals surface area contributed by atoms with Crippen LogP contribution >= 0.6 is 0 Å². The van der Waals surface area contributed by atoms with Crippen LogP contribution in [0.15, 0.2) is 91.0 Å². The van der Waals surface area contributed by atoms with Crippen molar-refractivity contribution in [3.8, 4) is 22.9 Å². The second-order valence-corrected chi connectivity index (χ2v) is 7.24. The standard InChI is InChI=1S/C27H23NO3/c1-20-12-13-23(17-29)16-25(20)24-14-15-26(30-18-21-8-4-2-5-9-21)28-27(24)31-19-22-10-6-3-7-11-22/h2-17H,18-19H2,1H3. The van der Waals surface area contributed by atoms with E-state index >= 15 is 0 Å². The second-order valence-electron chi connectivity index (χ2n) is 7.24. The van der Waals surface area contributed by atoms with Crippen LogP contribution in [0.25, 0.3) is 11.1 Å². The van der Waals surface area contributed by atoms with Crippen molar-refractivity contribution in [2.45, 2.75) is 20.1 Å². The number of hydrogen-bond donors (Lipinski definition) is 0. The topological polar surface area (TPSA) is 48.4 Å². The lowest BCUT2D eigenvalue weighted by atomic mass is 9.99. The zero-order chi connectivity index (χ0) is 21.5. The van der Waals surface area contributed by atoms with E-state index in [1.165, 1.54) is 0 Å². The number of hydrogen-bond acceptors (Lipinski definition) is 4. The molecule has 0 amide bonds. The van der Waals surface area contributed by atoms with E-state index in [1.807, 2.05) is 91.9 Å². The van der Waals surface area contributed by atoms with Crippen LogP contribution in [-0.4, -0.2) is 11.3 Å². The van der Waals surface area contributed by atoms with Gasteiger partial charge in [0, 0.05) is 17.2 Å². The van der Waals surface area contributed by atoms with Crippen molar-refractivity contribution < 1.29 is 14.3 Å². The molecule has 3 aromatic carbocycles. The van der Waals surface area contributed by atoms with Crippen LogP contribution < -0.4 is 9.47 Å². The fraction of sp³-hybridized carbons (Fsp3) is 0.111. The maximum Gasteiger partial charge on any atom is 0.225 e. The molecule has 0 unspecified atom stereocenters. The maximum atomic E-state index is 11.3. The first kappa shape index (κ1) is 20.4. The Morgan fingerprint density at radius 1 is 0.742 bits per heavy atom. The molecule has 154 valence electrons. The van der Waals surface area contributed by atoms with Crippen LogP contribution in [0.2, 0.25) is 0 Å². The van der Waals surface area contributed by atoms with E-state index in [0.29, 0.717) is 30.5 Å². The van der Waals surface area contributed by atoms with Crippen LogP contribution in [-0.2, 0) is 13.2 Å². The average Bonchev–Trinajstić information content (AvgIpc) is 2.83. The van der Waals surface area contributed by atoms with Gasteiger partial charge in [-0.05, 0) is 41.3 Å². The Balaban J connectivity index is 1.65. The Labute approximate surface area is 182 Å². The molecule has 0 N–H and O–H groups in total. The van der Waals surface area contributed by atoms with Crippen molar-refractivity contribution in [1.29, 1.82) is 0 Å². The summed E-state index contributed by atoms with van der Waals surface area (Å²) in [5, 5.41) is 0. The predicted octanol–water partition coefficient (Wildman–Crippen LogP) is 6.03. The number of aldehydes is 1. The molecule has 0 saturated carbocycles. The van der Waals surface area contributed by atoms with Gasteiger partial charge in [0.1, 0.15) is 19.5 Å². The first-order chi connectivity index (χ1) is 15.2. The number of ether oxygens (including phenoxy) is 2. The van der Waals surface area contributed by atoms with Gasteiger partial charge in [-0.25, -0.2) is 0 Å². The van der Waals surface area contributed by atoms with E-state index in [2.05, 4.69) is 4.98 Å². The summed E-state index contributed by atoms with van der Waals surface area (Å²) in [6, 6.07) is 29.3. The summed E-state index contributed by atoms with van der Waals surface area (Å²) < 4.78 is 12.0. The summed E-state index contributed by atoms with van der Waals surface area (Å²) in [5.41, 5.74) is 5.49. The third-order valence-corrected chi connectivity index (χ3v) is 4.97. The molecule has 31 heavy (non-hydrogen) atoms. The smallest absolute Gasteiger partial charge is 0.225 e. The molecule has 0 spiro atoms. The van der Waals surface area contributed by atoms with E-state index in [0.717, 1.165) is 34.1 Å². The molecule has 1 aromatic heterocycles. The Kier molecular flexibility index (Phi) is 6.38. The molecule has 0 bridgehead atoms. The van der Waals surface area contributed by atoms with Crippen LogP contribution in [0, 0.1) is 6.92 Å². The molecular formula is C27H23NO3. The fourth-order valence-electron chi connectivity index (χ4n) is 3.28.